The molecule has 0 saturated heterocycles. The number of alkyl halides is 3. The minimum Gasteiger partial charge on any atom is -0.399 e. The monoisotopic (exact) mass is 246 g/mol. The minimum absolute atomic E-state index is 0.411. The van der Waals surface area contributed by atoms with Gasteiger partial charge in [-0.15, -0.1) is 0 Å². The molecule has 1 aromatic rings. The smallest absolute Gasteiger partial charge is 0.399 e. The molecule has 0 aliphatic heterocycles. The highest BCUT2D eigenvalue weighted by Gasteiger charge is 2.28. The van der Waals surface area contributed by atoms with Gasteiger partial charge in [-0.3, -0.25) is 4.90 Å². The summed E-state index contributed by atoms with van der Waals surface area (Å²) in [6.07, 6.45) is -2.75. The Hall–Kier alpha value is -1.23. The van der Waals surface area contributed by atoms with E-state index in [9.17, 15) is 13.2 Å². The fraction of sp³-hybridized carbons (Fsp3) is 0.500. The lowest BCUT2D eigenvalue weighted by Gasteiger charge is -2.18. The average Bonchev–Trinajstić information content (AvgIpc) is 2.18. The Morgan fingerprint density at radius 2 is 1.88 bits per heavy atom. The second-order valence-electron chi connectivity index (χ2n) is 4.16. The van der Waals surface area contributed by atoms with Crippen molar-refractivity contribution in [3.05, 3.63) is 29.8 Å². The van der Waals surface area contributed by atoms with Gasteiger partial charge in [0.15, 0.2) is 0 Å². The largest absolute Gasteiger partial charge is 0.401 e. The third-order valence-electron chi connectivity index (χ3n) is 2.49. The molecule has 0 fully saturated rings. The van der Waals surface area contributed by atoms with E-state index in [0.29, 0.717) is 25.1 Å². The summed E-state index contributed by atoms with van der Waals surface area (Å²) in [6.45, 7) is -0.453. The molecule has 0 saturated carbocycles. The number of aryl methyl sites for hydroxylation is 1. The van der Waals surface area contributed by atoms with Gasteiger partial charge in [0, 0.05) is 5.69 Å². The van der Waals surface area contributed by atoms with Gasteiger partial charge in [-0.1, -0.05) is 18.2 Å². The van der Waals surface area contributed by atoms with Gasteiger partial charge in [-0.25, -0.2) is 0 Å². The van der Waals surface area contributed by atoms with E-state index in [1.54, 1.807) is 6.07 Å². The van der Waals surface area contributed by atoms with Gasteiger partial charge < -0.3 is 5.73 Å². The molecule has 0 amide bonds. The lowest BCUT2D eigenvalue weighted by molar-refractivity contribution is -0.143. The SMILES string of the molecule is CN(CCCc1ccccc1N)CC(F)(F)F. The lowest BCUT2D eigenvalue weighted by Crippen LogP contribution is -2.31. The second kappa shape index (κ2) is 5.91. The summed E-state index contributed by atoms with van der Waals surface area (Å²) in [7, 11) is 1.47. The van der Waals surface area contributed by atoms with Crippen molar-refractivity contribution in [1.29, 1.82) is 0 Å². The van der Waals surface area contributed by atoms with Crippen LogP contribution in [0.2, 0.25) is 0 Å². The van der Waals surface area contributed by atoms with Gasteiger partial charge in [0.2, 0.25) is 0 Å². The number of rotatable bonds is 5. The first-order chi connectivity index (χ1) is 7.88. The first-order valence-corrected chi connectivity index (χ1v) is 5.47. The Labute approximate surface area is 99.2 Å². The fourth-order valence-corrected chi connectivity index (χ4v) is 1.69. The third-order valence-corrected chi connectivity index (χ3v) is 2.49. The first kappa shape index (κ1) is 13.8. The van der Waals surface area contributed by atoms with Crippen LogP contribution >= 0.6 is 0 Å². The molecule has 0 heterocycles. The number of hydrogen-bond donors (Lipinski definition) is 1. The van der Waals surface area contributed by atoms with Gasteiger partial charge in [-0.05, 0) is 38.1 Å². The van der Waals surface area contributed by atoms with E-state index in [1.165, 1.54) is 11.9 Å². The molecule has 0 unspecified atom stereocenters. The maximum absolute atomic E-state index is 12.1. The van der Waals surface area contributed by atoms with Crippen LogP contribution in [0.15, 0.2) is 24.3 Å². The van der Waals surface area contributed by atoms with E-state index in [-0.39, 0.29) is 0 Å². The highest BCUT2D eigenvalue weighted by atomic mass is 19.4. The van der Waals surface area contributed by atoms with Crippen LogP contribution in [0.1, 0.15) is 12.0 Å². The van der Waals surface area contributed by atoms with E-state index in [1.807, 2.05) is 18.2 Å². The van der Waals surface area contributed by atoms with Crippen LogP contribution in [0.5, 0.6) is 0 Å². The second-order valence-corrected chi connectivity index (χ2v) is 4.16. The van der Waals surface area contributed by atoms with E-state index >= 15 is 0 Å². The molecule has 0 radical (unpaired) electrons. The summed E-state index contributed by atoms with van der Waals surface area (Å²) in [5.74, 6) is 0. The van der Waals surface area contributed by atoms with E-state index in [0.717, 1.165) is 5.56 Å². The highest BCUT2D eigenvalue weighted by Crippen LogP contribution is 2.16. The number of nitrogen functional groups attached to an aromatic ring is 1. The summed E-state index contributed by atoms with van der Waals surface area (Å²) in [5, 5.41) is 0. The topological polar surface area (TPSA) is 29.3 Å². The van der Waals surface area contributed by atoms with Crippen LogP contribution < -0.4 is 5.73 Å². The van der Waals surface area contributed by atoms with Crippen molar-refractivity contribution in [1.82, 2.24) is 4.90 Å². The molecule has 17 heavy (non-hydrogen) atoms. The van der Waals surface area contributed by atoms with Gasteiger partial charge in [0.05, 0.1) is 6.54 Å². The maximum atomic E-state index is 12.1. The first-order valence-electron chi connectivity index (χ1n) is 5.47. The van der Waals surface area contributed by atoms with Gasteiger partial charge >= 0.3 is 6.18 Å². The van der Waals surface area contributed by atoms with Crippen LogP contribution in [0.3, 0.4) is 0 Å². The fourth-order valence-electron chi connectivity index (χ4n) is 1.69. The summed E-state index contributed by atoms with van der Waals surface area (Å²) in [6, 6.07) is 7.42. The standard InChI is InChI=1S/C12H17F3N2/c1-17(9-12(13,14)15)8-4-6-10-5-2-3-7-11(10)16/h2-3,5,7H,4,6,8-9,16H2,1H3. The maximum Gasteiger partial charge on any atom is 0.401 e. The molecular weight excluding hydrogens is 229 g/mol. The molecule has 0 spiro atoms. The molecule has 0 aromatic heterocycles. The Balaban J connectivity index is 2.31. The van der Waals surface area contributed by atoms with Gasteiger partial charge in [0.1, 0.15) is 0 Å². The molecule has 1 rings (SSSR count). The van der Waals surface area contributed by atoms with Crippen LogP contribution in [-0.4, -0.2) is 31.2 Å². The Kier molecular flexibility index (Phi) is 4.81. The van der Waals surface area contributed by atoms with Crippen molar-refractivity contribution in [3.8, 4) is 0 Å². The van der Waals surface area contributed by atoms with Gasteiger partial charge in [0.25, 0.3) is 0 Å². The molecule has 2 N–H and O–H groups in total. The zero-order chi connectivity index (χ0) is 12.9. The average molecular weight is 246 g/mol. The van der Waals surface area contributed by atoms with Crippen molar-refractivity contribution >= 4 is 5.69 Å². The minimum atomic E-state index is -4.12. The Morgan fingerprint density at radius 1 is 1.24 bits per heavy atom. The van der Waals surface area contributed by atoms with Crippen molar-refractivity contribution < 1.29 is 13.2 Å². The van der Waals surface area contributed by atoms with Crippen LogP contribution in [0.4, 0.5) is 18.9 Å². The molecule has 2 nitrogen and oxygen atoms in total. The van der Waals surface area contributed by atoms with Crippen LogP contribution in [0, 0.1) is 0 Å². The number of nitrogens with zero attached hydrogens (tertiary/aromatic N) is 1. The summed E-state index contributed by atoms with van der Waals surface area (Å²) >= 11 is 0. The van der Waals surface area contributed by atoms with Crippen molar-refractivity contribution in [2.75, 3.05) is 25.9 Å². The summed E-state index contributed by atoms with van der Waals surface area (Å²) in [5.41, 5.74) is 7.44. The quantitative estimate of drug-likeness (QED) is 0.809. The molecule has 0 atom stereocenters. The third kappa shape index (κ3) is 5.58. The zero-order valence-corrected chi connectivity index (χ0v) is 9.80. The number of hydrogen-bond acceptors (Lipinski definition) is 2. The molecule has 0 aliphatic carbocycles. The van der Waals surface area contributed by atoms with Crippen molar-refractivity contribution in [2.24, 2.45) is 0 Å². The van der Waals surface area contributed by atoms with E-state index < -0.39 is 12.7 Å². The lowest BCUT2D eigenvalue weighted by atomic mass is 10.1. The van der Waals surface area contributed by atoms with Crippen molar-refractivity contribution in [3.63, 3.8) is 0 Å². The number of anilines is 1. The number of benzene rings is 1. The molecule has 96 valence electrons. The number of halogens is 3. The zero-order valence-electron chi connectivity index (χ0n) is 9.80. The normalized spacial score (nSPS) is 12.1. The van der Waals surface area contributed by atoms with Crippen LogP contribution in [-0.2, 0) is 6.42 Å². The summed E-state index contributed by atoms with van der Waals surface area (Å²) in [4.78, 5) is 1.28. The number of nitrogens with two attached hydrogens (primary N) is 1. The molecule has 5 heteroatoms. The van der Waals surface area contributed by atoms with E-state index in [4.69, 9.17) is 5.73 Å². The predicted octanol–water partition coefficient (Wildman–Crippen LogP) is 2.70. The Bertz CT molecular complexity index is 350. The molecule has 1 aromatic carbocycles. The van der Waals surface area contributed by atoms with Gasteiger partial charge in [-0.2, -0.15) is 13.2 Å². The highest BCUT2D eigenvalue weighted by molar-refractivity contribution is 5.46. The molecule has 0 aliphatic rings. The summed E-state index contributed by atoms with van der Waals surface area (Å²) < 4.78 is 36.2. The van der Waals surface area contributed by atoms with Crippen molar-refractivity contribution in [2.45, 2.75) is 19.0 Å². The predicted molar refractivity (Wildman–Crippen MR) is 62.7 cm³/mol. The van der Waals surface area contributed by atoms with Crippen LogP contribution in [0.25, 0.3) is 0 Å². The molecular formula is C12H17F3N2. The van der Waals surface area contributed by atoms with E-state index in [2.05, 4.69) is 0 Å². The molecule has 0 bridgehead atoms. The Morgan fingerprint density at radius 3 is 2.47 bits per heavy atom. The number of para-hydroxylation sites is 1.